The van der Waals surface area contributed by atoms with Gasteiger partial charge in [0.25, 0.3) is 0 Å². The SMILES string of the molecule is CCOC(=O)N1CC2CN(C(O)c3sc4nnc(C)c(C)c4c3N)CC2C1. The van der Waals surface area contributed by atoms with Crippen molar-refractivity contribution in [3.63, 3.8) is 0 Å². The van der Waals surface area contributed by atoms with E-state index in [-0.39, 0.29) is 6.09 Å². The van der Waals surface area contributed by atoms with Crippen molar-refractivity contribution in [3.05, 3.63) is 16.1 Å². The van der Waals surface area contributed by atoms with Crippen LogP contribution in [0.3, 0.4) is 0 Å². The Bertz CT molecular complexity index is 871. The third-order valence-corrected chi connectivity index (χ3v) is 6.91. The van der Waals surface area contributed by atoms with E-state index in [4.69, 9.17) is 10.5 Å². The molecule has 0 aliphatic carbocycles. The molecule has 9 heteroatoms. The number of aryl methyl sites for hydroxylation is 2. The third-order valence-electron chi connectivity index (χ3n) is 5.78. The largest absolute Gasteiger partial charge is 0.450 e. The average molecular weight is 391 g/mol. The number of carbonyl (C=O) groups excluding carboxylic acids is 1. The first-order chi connectivity index (χ1) is 12.9. The number of hydrogen-bond donors (Lipinski definition) is 2. The molecule has 1 amide bonds. The Balaban J connectivity index is 1.50. The van der Waals surface area contributed by atoms with E-state index in [1.54, 1.807) is 4.90 Å². The lowest BCUT2D eigenvalue weighted by atomic mass is 10.0. The molecule has 2 aliphatic rings. The highest BCUT2D eigenvalue weighted by Crippen LogP contribution is 2.42. The normalized spacial score (nSPS) is 23.8. The van der Waals surface area contributed by atoms with E-state index in [2.05, 4.69) is 15.1 Å². The average Bonchev–Trinajstić information content (AvgIpc) is 3.29. The first-order valence-electron chi connectivity index (χ1n) is 9.26. The summed E-state index contributed by atoms with van der Waals surface area (Å²) in [6, 6.07) is 0. The van der Waals surface area contributed by atoms with Gasteiger partial charge in [0.15, 0.2) is 0 Å². The maximum absolute atomic E-state index is 11.9. The molecule has 8 nitrogen and oxygen atoms in total. The molecular weight excluding hydrogens is 366 g/mol. The van der Waals surface area contributed by atoms with E-state index in [0.29, 0.717) is 37.2 Å². The highest BCUT2D eigenvalue weighted by molar-refractivity contribution is 7.19. The summed E-state index contributed by atoms with van der Waals surface area (Å²) in [4.78, 5) is 17.2. The number of nitrogens with zero attached hydrogens (tertiary/aromatic N) is 4. The van der Waals surface area contributed by atoms with Crippen LogP contribution < -0.4 is 5.73 Å². The molecule has 2 saturated heterocycles. The van der Waals surface area contributed by atoms with Crippen molar-refractivity contribution < 1.29 is 14.6 Å². The fourth-order valence-electron chi connectivity index (χ4n) is 4.21. The van der Waals surface area contributed by atoms with Gasteiger partial charge in [-0.3, -0.25) is 4.90 Å². The van der Waals surface area contributed by atoms with E-state index < -0.39 is 6.23 Å². The van der Waals surface area contributed by atoms with Crippen LogP contribution in [0.1, 0.15) is 29.3 Å². The number of rotatable bonds is 3. The first kappa shape index (κ1) is 18.4. The van der Waals surface area contributed by atoms with Gasteiger partial charge in [0.05, 0.1) is 22.9 Å². The standard InChI is InChI=1S/C18H25N5O3S/c1-4-26-18(25)23-7-11-5-22(6-12(11)8-23)17(24)15-14(19)13-9(2)10(3)20-21-16(13)27-15/h11-12,17,24H,4-8,19H2,1-3H3. The van der Waals surface area contributed by atoms with Crippen LogP contribution in [0.15, 0.2) is 0 Å². The summed E-state index contributed by atoms with van der Waals surface area (Å²) < 4.78 is 5.10. The fourth-order valence-corrected chi connectivity index (χ4v) is 5.33. The van der Waals surface area contributed by atoms with Gasteiger partial charge in [-0.15, -0.1) is 16.4 Å². The Morgan fingerprint density at radius 2 is 1.96 bits per heavy atom. The fraction of sp³-hybridized carbons (Fsp3) is 0.611. The third kappa shape index (κ3) is 3.03. The zero-order chi connectivity index (χ0) is 19.3. The first-order valence-corrected chi connectivity index (χ1v) is 10.1. The minimum Gasteiger partial charge on any atom is -0.450 e. The van der Waals surface area contributed by atoms with Crippen molar-refractivity contribution >= 4 is 33.3 Å². The van der Waals surface area contributed by atoms with Gasteiger partial charge in [-0.25, -0.2) is 4.79 Å². The molecule has 0 radical (unpaired) electrons. The van der Waals surface area contributed by atoms with Crippen molar-refractivity contribution in [2.75, 3.05) is 38.5 Å². The predicted molar refractivity (Wildman–Crippen MR) is 103 cm³/mol. The summed E-state index contributed by atoms with van der Waals surface area (Å²) in [5, 5.41) is 20.3. The molecular formula is C18H25N5O3S. The predicted octanol–water partition coefficient (Wildman–Crippen LogP) is 1.90. The van der Waals surface area contributed by atoms with Gasteiger partial charge in [0, 0.05) is 31.6 Å². The number of fused-ring (bicyclic) bond motifs is 2. The van der Waals surface area contributed by atoms with E-state index in [0.717, 1.165) is 39.4 Å². The van der Waals surface area contributed by atoms with Crippen LogP contribution in [0.4, 0.5) is 10.5 Å². The molecule has 0 saturated carbocycles. The molecule has 0 spiro atoms. The minimum atomic E-state index is -0.759. The molecule has 27 heavy (non-hydrogen) atoms. The van der Waals surface area contributed by atoms with E-state index in [1.165, 1.54) is 11.3 Å². The lowest BCUT2D eigenvalue weighted by Crippen LogP contribution is -2.35. The molecule has 3 unspecified atom stereocenters. The van der Waals surface area contributed by atoms with E-state index in [1.807, 2.05) is 20.8 Å². The number of nitrogen functional groups attached to an aromatic ring is 1. The molecule has 0 bridgehead atoms. The quantitative estimate of drug-likeness (QED) is 0.823. The number of aromatic nitrogens is 2. The number of carbonyl (C=O) groups is 1. The summed E-state index contributed by atoms with van der Waals surface area (Å²) in [6.45, 7) is 8.93. The summed E-state index contributed by atoms with van der Waals surface area (Å²) in [5.41, 5.74) is 8.83. The lowest BCUT2D eigenvalue weighted by molar-refractivity contribution is 0.0144. The monoisotopic (exact) mass is 391 g/mol. The molecule has 2 aromatic rings. The lowest BCUT2D eigenvalue weighted by Gasteiger charge is -2.25. The Labute approximate surface area is 161 Å². The maximum atomic E-state index is 11.9. The van der Waals surface area contributed by atoms with Crippen molar-refractivity contribution in [2.45, 2.75) is 27.0 Å². The number of aliphatic hydroxyl groups excluding tert-OH is 1. The molecule has 2 fully saturated rings. The molecule has 2 aromatic heterocycles. The number of ether oxygens (including phenoxy) is 1. The summed E-state index contributed by atoms with van der Waals surface area (Å²) >= 11 is 1.41. The van der Waals surface area contributed by atoms with Gasteiger partial charge in [-0.05, 0) is 38.2 Å². The number of hydrogen-bond acceptors (Lipinski definition) is 8. The number of thiophene rings is 1. The van der Waals surface area contributed by atoms with Gasteiger partial charge in [0.1, 0.15) is 11.1 Å². The van der Waals surface area contributed by atoms with Gasteiger partial charge < -0.3 is 20.5 Å². The Morgan fingerprint density at radius 1 is 1.30 bits per heavy atom. The Morgan fingerprint density at radius 3 is 2.59 bits per heavy atom. The van der Waals surface area contributed by atoms with Gasteiger partial charge in [-0.2, -0.15) is 5.10 Å². The van der Waals surface area contributed by atoms with Crippen molar-refractivity contribution in [2.24, 2.45) is 11.8 Å². The summed E-state index contributed by atoms with van der Waals surface area (Å²) in [6.07, 6.45) is -0.997. The van der Waals surface area contributed by atoms with Gasteiger partial charge in [0.2, 0.25) is 0 Å². The Hall–Kier alpha value is -1.97. The van der Waals surface area contributed by atoms with Crippen LogP contribution in [0, 0.1) is 25.7 Å². The zero-order valence-electron chi connectivity index (χ0n) is 15.8. The molecule has 0 aromatic carbocycles. The highest BCUT2D eigenvalue weighted by atomic mass is 32.1. The summed E-state index contributed by atoms with van der Waals surface area (Å²) in [5.74, 6) is 0.701. The zero-order valence-corrected chi connectivity index (χ0v) is 16.6. The van der Waals surface area contributed by atoms with E-state index >= 15 is 0 Å². The topological polar surface area (TPSA) is 105 Å². The van der Waals surface area contributed by atoms with Crippen LogP contribution in [0.25, 0.3) is 10.2 Å². The molecule has 2 aliphatic heterocycles. The van der Waals surface area contributed by atoms with Crippen LogP contribution in [-0.2, 0) is 4.74 Å². The molecule has 3 N–H and O–H groups in total. The second kappa shape index (κ2) is 6.88. The van der Waals surface area contributed by atoms with Crippen LogP contribution in [0.5, 0.6) is 0 Å². The molecule has 146 valence electrons. The van der Waals surface area contributed by atoms with Crippen LogP contribution in [0.2, 0.25) is 0 Å². The molecule has 4 heterocycles. The van der Waals surface area contributed by atoms with Crippen molar-refractivity contribution in [3.8, 4) is 0 Å². The number of aliphatic hydroxyl groups is 1. The smallest absolute Gasteiger partial charge is 0.409 e. The van der Waals surface area contributed by atoms with Gasteiger partial charge in [-0.1, -0.05) is 0 Å². The van der Waals surface area contributed by atoms with Gasteiger partial charge >= 0.3 is 6.09 Å². The number of likely N-dealkylation sites (tertiary alicyclic amines) is 2. The Kier molecular flexibility index (Phi) is 4.69. The van der Waals surface area contributed by atoms with Crippen molar-refractivity contribution in [1.82, 2.24) is 20.0 Å². The molecule has 4 rings (SSSR count). The highest BCUT2D eigenvalue weighted by Gasteiger charge is 2.44. The number of amides is 1. The molecule has 3 atom stereocenters. The van der Waals surface area contributed by atoms with E-state index in [9.17, 15) is 9.90 Å². The summed E-state index contributed by atoms with van der Waals surface area (Å²) in [7, 11) is 0. The van der Waals surface area contributed by atoms with Crippen LogP contribution in [-0.4, -0.2) is 64.0 Å². The second-order valence-corrected chi connectivity index (χ2v) is 8.45. The van der Waals surface area contributed by atoms with Crippen molar-refractivity contribution in [1.29, 1.82) is 0 Å². The maximum Gasteiger partial charge on any atom is 0.409 e. The number of anilines is 1. The second-order valence-electron chi connectivity index (χ2n) is 7.42. The number of nitrogens with two attached hydrogens (primary N) is 1. The van der Waals surface area contributed by atoms with Crippen LogP contribution >= 0.6 is 11.3 Å². The minimum absolute atomic E-state index is 0.239.